The molecule has 2 aliphatic rings. The number of hydrazone groups is 1. The highest BCUT2D eigenvalue weighted by Crippen LogP contribution is 2.59. The molecule has 2 heterocycles. The van der Waals surface area contributed by atoms with Gasteiger partial charge in [-0.3, -0.25) is 9.69 Å². The van der Waals surface area contributed by atoms with Crippen molar-refractivity contribution < 1.29 is 19.1 Å². The molecule has 3 aromatic carbocycles. The van der Waals surface area contributed by atoms with E-state index in [0.29, 0.717) is 10.6 Å². The van der Waals surface area contributed by atoms with Gasteiger partial charge >= 0.3 is 5.97 Å². The summed E-state index contributed by atoms with van der Waals surface area (Å²) in [5, 5.41) is 6.58. The van der Waals surface area contributed by atoms with E-state index in [4.69, 9.17) is 9.47 Å². The van der Waals surface area contributed by atoms with Crippen LogP contribution in [0.2, 0.25) is 0 Å². The molecule has 0 saturated carbocycles. The van der Waals surface area contributed by atoms with Crippen LogP contribution >= 0.6 is 23.5 Å². The lowest BCUT2D eigenvalue weighted by atomic mass is 10.2. The van der Waals surface area contributed by atoms with E-state index >= 15 is 0 Å². The number of carbonyl (C=O) groups excluding carboxylic acids is 2. The van der Waals surface area contributed by atoms with Gasteiger partial charge in [0, 0.05) is 5.69 Å². The average molecular weight is 518 g/mol. The molecule has 1 saturated heterocycles. The van der Waals surface area contributed by atoms with Crippen LogP contribution in [0.15, 0.2) is 94.9 Å². The zero-order valence-electron chi connectivity index (χ0n) is 19.7. The fraction of sp³-hybridized carbons (Fsp3) is 0.148. The van der Waals surface area contributed by atoms with Gasteiger partial charge in [0.25, 0.3) is 5.91 Å². The van der Waals surface area contributed by atoms with Crippen LogP contribution in [0, 0.1) is 0 Å². The molecule has 1 unspecified atom stereocenters. The van der Waals surface area contributed by atoms with Crippen LogP contribution < -0.4 is 14.6 Å². The average Bonchev–Trinajstić information content (AvgIpc) is 3.42. The molecule has 36 heavy (non-hydrogen) atoms. The molecule has 0 bridgehead atoms. The summed E-state index contributed by atoms with van der Waals surface area (Å²) in [5.74, 6) is 0.0312. The van der Waals surface area contributed by atoms with Crippen LogP contribution in [0.25, 0.3) is 6.08 Å². The molecule has 0 N–H and O–H groups in total. The number of ether oxygens (including phenoxy) is 2. The third-order valence-electron chi connectivity index (χ3n) is 5.51. The molecule has 1 spiro atoms. The van der Waals surface area contributed by atoms with E-state index in [1.54, 1.807) is 23.9 Å². The van der Waals surface area contributed by atoms with Gasteiger partial charge in [-0.1, -0.05) is 60.3 Å². The first-order chi connectivity index (χ1) is 17.6. The minimum Gasteiger partial charge on any atom is -0.497 e. The van der Waals surface area contributed by atoms with Crippen molar-refractivity contribution in [3.8, 4) is 5.75 Å². The van der Waals surface area contributed by atoms with Gasteiger partial charge < -0.3 is 9.47 Å². The SMILES string of the molecule is CCOC(=O)C1=NN(c2ccccc2)C2(SC(=Cc3ccc(OC)cc3)C(=O)N2c2ccccc2)S1. The maximum absolute atomic E-state index is 14.0. The minimum atomic E-state index is -1.10. The number of nitrogens with zero attached hydrogens (tertiary/aromatic N) is 3. The molecule has 7 nitrogen and oxygen atoms in total. The quantitative estimate of drug-likeness (QED) is 0.313. The van der Waals surface area contributed by atoms with Crippen LogP contribution in [0.4, 0.5) is 11.4 Å². The normalized spacial score (nSPS) is 20.2. The van der Waals surface area contributed by atoms with E-state index in [1.165, 1.54) is 23.5 Å². The van der Waals surface area contributed by atoms with Gasteiger partial charge in [0.2, 0.25) is 9.37 Å². The Morgan fingerprint density at radius 2 is 1.58 bits per heavy atom. The Labute approximate surface area is 217 Å². The molecule has 9 heteroatoms. The maximum atomic E-state index is 14.0. The number of benzene rings is 3. The molecule has 0 aliphatic carbocycles. The van der Waals surface area contributed by atoms with Crippen LogP contribution in [0.1, 0.15) is 12.5 Å². The number of hydrogen-bond acceptors (Lipinski definition) is 8. The predicted molar refractivity (Wildman–Crippen MR) is 146 cm³/mol. The highest BCUT2D eigenvalue weighted by Gasteiger charge is 2.60. The molecule has 1 fully saturated rings. The zero-order valence-corrected chi connectivity index (χ0v) is 21.3. The van der Waals surface area contributed by atoms with Crippen molar-refractivity contribution in [2.45, 2.75) is 11.3 Å². The molecule has 5 rings (SSSR count). The third kappa shape index (κ3) is 4.36. The fourth-order valence-electron chi connectivity index (χ4n) is 3.88. The Hall–Kier alpha value is -3.69. The van der Waals surface area contributed by atoms with Gasteiger partial charge in [0.1, 0.15) is 5.75 Å². The topological polar surface area (TPSA) is 71.4 Å². The van der Waals surface area contributed by atoms with Crippen molar-refractivity contribution in [2.75, 3.05) is 23.6 Å². The van der Waals surface area contributed by atoms with Crippen LogP contribution in [0.5, 0.6) is 5.75 Å². The number of rotatable bonds is 6. The number of hydrogen-bond donors (Lipinski definition) is 0. The number of para-hydroxylation sites is 2. The van der Waals surface area contributed by atoms with Crippen LogP contribution in [0.3, 0.4) is 0 Å². The Balaban J connectivity index is 1.64. The lowest BCUT2D eigenvalue weighted by Gasteiger charge is -2.38. The Kier molecular flexibility index (Phi) is 6.75. The van der Waals surface area contributed by atoms with E-state index in [1.807, 2.05) is 91.0 Å². The van der Waals surface area contributed by atoms with E-state index in [2.05, 4.69) is 5.10 Å². The highest BCUT2D eigenvalue weighted by molar-refractivity contribution is 8.29. The monoisotopic (exact) mass is 517 g/mol. The summed E-state index contributed by atoms with van der Waals surface area (Å²) < 4.78 is 9.43. The molecule has 3 aromatic rings. The second-order valence-corrected chi connectivity index (χ2v) is 10.4. The molecular weight excluding hydrogens is 494 g/mol. The van der Waals surface area contributed by atoms with Gasteiger partial charge in [0.15, 0.2) is 0 Å². The first-order valence-electron chi connectivity index (χ1n) is 11.3. The summed E-state index contributed by atoms with van der Waals surface area (Å²) in [4.78, 5) is 29.0. The van der Waals surface area contributed by atoms with Crippen molar-refractivity contribution in [1.82, 2.24) is 0 Å². The van der Waals surface area contributed by atoms with Gasteiger partial charge in [-0.15, -0.1) is 0 Å². The summed E-state index contributed by atoms with van der Waals surface area (Å²) in [6, 6.07) is 26.4. The molecule has 1 atom stereocenters. The van der Waals surface area contributed by atoms with Gasteiger partial charge in [-0.2, -0.15) is 5.10 Å². The van der Waals surface area contributed by atoms with Crippen LogP contribution in [-0.2, 0) is 14.3 Å². The zero-order chi connectivity index (χ0) is 25.1. The van der Waals surface area contributed by atoms with Gasteiger partial charge in [-0.25, -0.2) is 9.80 Å². The maximum Gasteiger partial charge on any atom is 0.365 e. The standard InChI is InChI=1S/C27H23N3O4S2/c1-3-34-26(32)24-28-30(21-12-8-5-9-13-21)27(36-24)29(20-10-6-4-7-11-20)25(31)23(35-27)18-19-14-16-22(33-2)17-15-19/h4-18H,3H2,1-2H3. The Bertz CT molecular complexity index is 1330. The third-order valence-corrected chi connectivity index (χ3v) is 8.20. The van der Waals surface area contributed by atoms with E-state index in [0.717, 1.165) is 17.0 Å². The predicted octanol–water partition coefficient (Wildman–Crippen LogP) is 5.56. The van der Waals surface area contributed by atoms with Crippen LogP contribution in [-0.4, -0.2) is 35.0 Å². The number of methoxy groups -OCH3 is 1. The number of anilines is 2. The highest BCUT2D eigenvalue weighted by atomic mass is 32.2. The molecule has 182 valence electrons. The first kappa shape index (κ1) is 24.0. The number of carbonyl (C=O) groups is 2. The minimum absolute atomic E-state index is 0.184. The second kappa shape index (κ2) is 10.1. The lowest BCUT2D eigenvalue weighted by Crippen LogP contribution is -2.51. The number of amides is 1. The molecule has 0 aromatic heterocycles. The van der Waals surface area contributed by atoms with Crippen molar-refractivity contribution in [2.24, 2.45) is 5.10 Å². The molecule has 0 radical (unpaired) electrons. The summed E-state index contributed by atoms with van der Waals surface area (Å²) >= 11 is 2.56. The first-order valence-corrected chi connectivity index (χ1v) is 12.9. The largest absolute Gasteiger partial charge is 0.497 e. The molecule has 1 amide bonds. The molecular formula is C27H23N3O4S2. The Morgan fingerprint density at radius 1 is 0.944 bits per heavy atom. The van der Waals surface area contributed by atoms with E-state index < -0.39 is 10.3 Å². The van der Waals surface area contributed by atoms with E-state index in [9.17, 15) is 9.59 Å². The lowest BCUT2D eigenvalue weighted by molar-refractivity contribution is -0.134. The van der Waals surface area contributed by atoms with Crippen molar-refractivity contribution in [3.63, 3.8) is 0 Å². The summed E-state index contributed by atoms with van der Waals surface area (Å²) in [6.45, 7) is 1.98. The van der Waals surface area contributed by atoms with Gasteiger partial charge in [-0.05, 0) is 66.7 Å². The van der Waals surface area contributed by atoms with Crippen molar-refractivity contribution >= 4 is 57.9 Å². The smallest absolute Gasteiger partial charge is 0.365 e. The summed E-state index contributed by atoms with van der Waals surface area (Å²) in [7, 11) is 1.61. The van der Waals surface area contributed by atoms with E-state index in [-0.39, 0.29) is 17.6 Å². The second-order valence-electron chi connectivity index (χ2n) is 7.78. The summed E-state index contributed by atoms with van der Waals surface area (Å²) in [5.41, 5.74) is 2.30. The number of esters is 1. The fourth-order valence-corrected chi connectivity index (χ4v) is 6.76. The summed E-state index contributed by atoms with van der Waals surface area (Å²) in [6.07, 6.45) is 1.85. The van der Waals surface area contributed by atoms with Crippen molar-refractivity contribution in [3.05, 3.63) is 95.4 Å². The van der Waals surface area contributed by atoms with Crippen molar-refractivity contribution in [1.29, 1.82) is 0 Å². The Morgan fingerprint density at radius 3 is 2.19 bits per heavy atom. The number of thioether (sulfide) groups is 2. The molecule has 2 aliphatic heterocycles. The van der Waals surface area contributed by atoms with Gasteiger partial charge in [0.05, 0.1) is 24.3 Å².